The van der Waals surface area contributed by atoms with Gasteiger partial charge in [-0.1, -0.05) is 137 Å². The summed E-state index contributed by atoms with van der Waals surface area (Å²) in [7, 11) is 1.68. The Kier molecular flexibility index (Phi) is 21.2. The van der Waals surface area contributed by atoms with Crippen molar-refractivity contribution in [2.45, 2.75) is 160 Å². The molecule has 4 aromatic rings. The quantitative estimate of drug-likeness (QED) is 0.0666. The molecule has 5 amide bonds. The molecule has 2 saturated heterocycles. The molecular weight excluding hydrogens is 1050 g/mol. The minimum atomic E-state index is -3.20. The number of likely N-dealkylation sites (N-methyl/N-ethyl adjacent to an activating group) is 1. The average Bonchev–Trinajstić information content (AvgIpc) is 4.06. The first-order chi connectivity index (χ1) is 39.3. The second-order valence-corrected chi connectivity index (χ2v) is 23.9. The molecule has 2 heterocycles. The number of Topliss-reactive ketones (excluding diaryl/α,β-unsaturated/α-hetero) is 1. The Hall–Kier alpha value is -6.42. The molecule has 442 valence electrons. The molecule has 8 rings (SSSR count). The Morgan fingerprint density at radius 3 is 1.44 bits per heavy atom. The number of alkyl halides is 4. The Morgan fingerprint density at radius 1 is 0.585 bits per heavy atom. The molecule has 4 fully saturated rings. The maximum absolute atomic E-state index is 15.6. The van der Waals surface area contributed by atoms with E-state index in [1.165, 1.54) is 9.80 Å². The topological polar surface area (TPSA) is 139 Å². The number of rotatable bonds is 24. The summed E-state index contributed by atoms with van der Waals surface area (Å²) < 4.78 is 62.5. The summed E-state index contributed by atoms with van der Waals surface area (Å²) in [5.41, 5.74) is 3.99. The van der Waals surface area contributed by atoms with Crippen LogP contribution in [0.1, 0.15) is 143 Å². The lowest BCUT2D eigenvalue weighted by Crippen LogP contribution is -2.56. The number of likely N-dealkylation sites (tertiary alicyclic amines) is 2. The van der Waals surface area contributed by atoms with Crippen molar-refractivity contribution in [3.63, 3.8) is 0 Å². The molecule has 0 aromatic heterocycles. The number of ketones is 1. The summed E-state index contributed by atoms with van der Waals surface area (Å²) >= 11 is 0. The van der Waals surface area contributed by atoms with Gasteiger partial charge in [-0.3, -0.25) is 28.8 Å². The van der Waals surface area contributed by atoms with Crippen molar-refractivity contribution < 1.29 is 46.3 Å². The van der Waals surface area contributed by atoms with E-state index in [0.29, 0.717) is 43.2 Å². The van der Waals surface area contributed by atoms with Crippen LogP contribution in [-0.2, 0) is 32.0 Å². The Balaban J connectivity index is 1.00. The lowest BCUT2D eigenvalue weighted by Gasteiger charge is -2.36. The molecule has 0 radical (unpaired) electrons. The zero-order chi connectivity index (χ0) is 58.6. The molecule has 12 nitrogen and oxygen atoms in total. The van der Waals surface area contributed by atoms with Gasteiger partial charge in [0.1, 0.15) is 11.8 Å². The van der Waals surface area contributed by atoms with E-state index in [-0.39, 0.29) is 68.0 Å². The van der Waals surface area contributed by atoms with E-state index < -0.39 is 85.6 Å². The molecular formula is C66H84F4N6O6. The van der Waals surface area contributed by atoms with Gasteiger partial charge in [0.25, 0.3) is 23.7 Å². The van der Waals surface area contributed by atoms with Crippen molar-refractivity contribution in [3.05, 3.63) is 131 Å². The summed E-state index contributed by atoms with van der Waals surface area (Å²) in [6.07, 6.45) is 8.71. The van der Waals surface area contributed by atoms with Crippen molar-refractivity contribution in [2.24, 2.45) is 23.7 Å². The molecule has 2 aliphatic heterocycles. The number of nitrogens with zero attached hydrogens (tertiary/aromatic N) is 4. The number of carbonyl (C=O) groups excluding carboxylic acids is 6. The molecule has 0 unspecified atom stereocenters. The van der Waals surface area contributed by atoms with Crippen LogP contribution >= 0.6 is 0 Å². The highest BCUT2D eigenvalue weighted by Gasteiger charge is 2.52. The lowest BCUT2D eigenvalue weighted by atomic mass is 9.76. The van der Waals surface area contributed by atoms with Gasteiger partial charge in [-0.15, -0.1) is 0 Å². The highest BCUT2D eigenvalue weighted by molar-refractivity contribution is 5.96. The monoisotopic (exact) mass is 1130 g/mol. The molecule has 2 N–H and O–H groups in total. The van der Waals surface area contributed by atoms with Gasteiger partial charge in [0.05, 0.1) is 31.2 Å². The minimum Gasteiger partial charge on any atom is -0.344 e. The minimum absolute atomic E-state index is 0.0367. The van der Waals surface area contributed by atoms with Gasteiger partial charge in [-0.25, -0.2) is 17.6 Å². The van der Waals surface area contributed by atoms with Crippen LogP contribution in [0.4, 0.5) is 17.6 Å². The summed E-state index contributed by atoms with van der Waals surface area (Å²) in [5, 5.41) is 5.93. The predicted molar refractivity (Wildman–Crippen MR) is 310 cm³/mol. The summed E-state index contributed by atoms with van der Waals surface area (Å²) in [5.74, 6) is -9.91. The van der Waals surface area contributed by atoms with Crippen LogP contribution in [0.2, 0.25) is 0 Å². The molecule has 6 atom stereocenters. The van der Waals surface area contributed by atoms with E-state index in [4.69, 9.17) is 0 Å². The SMILES string of the molecule is CC[C@@H](C)C(=O)N[C@H](C(=O)N1CC(F)(F)C[C@H]1CN(CCc1ccccc1)C(=O)c1ccc(-c2ccc(C(=O)N(CCc3ccccc3)C[C@@H]3CC(F)(F)CN3C(=O)[C@@H](CC(=O)[C@H](C)NC)C3CCCCC3)cc2)cc1)C1CCCCC1. The highest BCUT2D eigenvalue weighted by Crippen LogP contribution is 2.40. The average molecular weight is 1130 g/mol. The van der Waals surface area contributed by atoms with E-state index in [0.717, 1.165) is 73.6 Å². The van der Waals surface area contributed by atoms with Gasteiger partial charge in [0.2, 0.25) is 17.7 Å². The van der Waals surface area contributed by atoms with Crippen molar-refractivity contribution in [1.29, 1.82) is 0 Å². The number of halogens is 4. The van der Waals surface area contributed by atoms with E-state index in [1.807, 2.05) is 67.6 Å². The number of amides is 5. The maximum atomic E-state index is 15.6. The Bertz CT molecular complexity index is 2580. The van der Waals surface area contributed by atoms with E-state index in [9.17, 15) is 28.8 Å². The van der Waals surface area contributed by atoms with Crippen molar-refractivity contribution >= 4 is 35.3 Å². The fourth-order valence-corrected chi connectivity index (χ4v) is 12.8. The normalized spacial score (nSPS) is 20.6. The molecule has 0 spiro atoms. The molecule has 82 heavy (non-hydrogen) atoms. The number of carbonyl (C=O) groups is 6. The molecule has 4 aliphatic rings. The largest absolute Gasteiger partial charge is 0.344 e. The molecule has 0 bridgehead atoms. The predicted octanol–water partition coefficient (Wildman–Crippen LogP) is 11.1. The fourth-order valence-electron chi connectivity index (χ4n) is 12.8. The van der Waals surface area contributed by atoms with Gasteiger partial charge in [-0.05, 0) is 117 Å². The Labute approximate surface area is 482 Å². The van der Waals surface area contributed by atoms with Crippen LogP contribution in [0.25, 0.3) is 11.1 Å². The van der Waals surface area contributed by atoms with Crippen molar-refractivity contribution in [1.82, 2.24) is 30.2 Å². The molecule has 16 heteroatoms. The van der Waals surface area contributed by atoms with Crippen molar-refractivity contribution in [3.8, 4) is 11.1 Å². The number of benzene rings is 4. The van der Waals surface area contributed by atoms with Gasteiger partial charge in [0.15, 0.2) is 0 Å². The zero-order valence-electron chi connectivity index (χ0n) is 48.3. The number of hydrogen-bond acceptors (Lipinski definition) is 7. The van der Waals surface area contributed by atoms with Crippen LogP contribution in [0.5, 0.6) is 0 Å². The second kappa shape index (κ2) is 28.2. The molecule has 2 aliphatic carbocycles. The highest BCUT2D eigenvalue weighted by atomic mass is 19.3. The summed E-state index contributed by atoms with van der Waals surface area (Å²) in [6.45, 7) is 3.96. The lowest BCUT2D eigenvalue weighted by molar-refractivity contribution is -0.143. The second-order valence-electron chi connectivity index (χ2n) is 23.9. The van der Waals surface area contributed by atoms with E-state index in [1.54, 1.807) is 79.2 Å². The first-order valence-electron chi connectivity index (χ1n) is 30.1. The third-order valence-electron chi connectivity index (χ3n) is 18.0. The maximum Gasteiger partial charge on any atom is 0.267 e. The van der Waals surface area contributed by atoms with E-state index in [2.05, 4.69) is 10.6 Å². The van der Waals surface area contributed by atoms with Crippen LogP contribution in [-0.4, -0.2) is 137 Å². The van der Waals surface area contributed by atoms with Crippen LogP contribution in [0, 0.1) is 23.7 Å². The van der Waals surface area contributed by atoms with Gasteiger partial charge < -0.3 is 30.2 Å². The third-order valence-corrected chi connectivity index (χ3v) is 18.0. The van der Waals surface area contributed by atoms with Crippen molar-refractivity contribution in [2.75, 3.05) is 46.3 Å². The van der Waals surface area contributed by atoms with Crippen LogP contribution < -0.4 is 10.6 Å². The first kappa shape index (κ1) is 61.6. The Morgan fingerprint density at radius 2 is 1.01 bits per heavy atom. The van der Waals surface area contributed by atoms with Gasteiger partial charge in [-0.2, -0.15) is 0 Å². The molecule has 4 aromatic carbocycles. The fraction of sp³-hybridized carbons (Fsp3) is 0.545. The standard InChI is InChI=1S/C66H84F4N6O6/c1-5-45(2)60(78)72-59(52-24-16-9-17-25-52)64(82)76-44-66(69,70)40-56(76)42-74(37-35-48-20-12-7-13-21-48)62(80)54-32-28-50(29-33-54)49-26-30-53(31-27-49)61(79)73(36-34-47-18-10-6-11-19-47)41-55-39-65(67,68)43-75(55)63(81)57(38-58(77)46(3)71-4)51-22-14-8-15-23-51/h6-7,10-13,18-21,26-33,45-46,51-52,55-57,59,71H,5,8-9,14-17,22-25,34-44H2,1-4H3,(H,72,78)/t45-,46+,55+,56+,57+,59+/m1/s1. The molecule has 2 saturated carbocycles. The zero-order valence-corrected chi connectivity index (χ0v) is 48.3. The summed E-state index contributed by atoms with van der Waals surface area (Å²) in [6, 6.07) is 29.5. The first-order valence-corrected chi connectivity index (χ1v) is 30.1. The smallest absolute Gasteiger partial charge is 0.267 e. The summed E-state index contributed by atoms with van der Waals surface area (Å²) in [4.78, 5) is 90.8. The number of nitrogens with one attached hydrogen (secondary N) is 2. The van der Waals surface area contributed by atoms with E-state index >= 15 is 17.6 Å². The van der Waals surface area contributed by atoms with Crippen LogP contribution in [0.15, 0.2) is 109 Å². The number of hydrogen-bond donors (Lipinski definition) is 2. The van der Waals surface area contributed by atoms with Crippen LogP contribution in [0.3, 0.4) is 0 Å². The van der Waals surface area contributed by atoms with Gasteiger partial charge >= 0.3 is 0 Å². The van der Waals surface area contributed by atoms with Gasteiger partial charge in [0, 0.05) is 68.4 Å². The third kappa shape index (κ3) is 16.0.